The van der Waals surface area contributed by atoms with Gasteiger partial charge in [0.15, 0.2) is 5.13 Å². The van der Waals surface area contributed by atoms with Crippen LogP contribution in [0.5, 0.6) is 0 Å². The Hall–Kier alpha value is -1.25. The van der Waals surface area contributed by atoms with Crippen LogP contribution in [0.3, 0.4) is 0 Å². The molecular formula is C23H29ClN4O4S4. The number of sulfonamides is 1. The number of aromatic nitrogens is 1. The van der Waals surface area contributed by atoms with Gasteiger partial charge in [-0.1, -0.05) is 17.4 Å². The largest absolute Gasteiger partial charge is 0.379 e. The molecule has 1 aromatic carbocycles. The van der Waals surface area contributed by atoms with E-state index in [1.165, 1.54) is 27.0 Å². The molecule has 196 valence electrons. The minimum absolute atomic E-state index is 0. The fourth-order valence-electron chi connectivity index (χ4n) is 4.48. The predicted octanol–water partition coefficient (Wildman–Crippen LogP) is 4.02. The number of fused-ring (bicyclic) bond motifs is 1. The van der Waals surface area contributed by atoms with Gasteiger partial charge in [-0.3, -0.25) is 14.6 Å². The Labute approximate surface area is 230 Å². The molecule has 4 heterocycles. The lowest BCUT2D eigenvalue weighted by atomic mass is 10.2. The molecule has 36 heavy (non-hydrogen) atoms. The number of hydrogen-bond acceptors (Lipinski definition) is 9. The average Bonchev–Trinajstić information content (AvgIpc) is 3.65. The number of hydrogen-bond donors (Lipinski definition) is 0. The lowest BCUT2D eigenvalue weighted by molar-refractivity contribution is -0.121. The Balaban J connectivity index is 0.00000304. The van der Waals surface area contributed by atoms with Gasteiger partial charge in [0.05, 0.1) is 23.4 Å². The van der Waals surface area contributed by atoms with Crippen molar-refractivity contribution in [1.29, 1.82) is 0 Å². The molecule has 0 radical (unpaired) electrons. The zero-order chi connectivity index (χ0) is 24.4. The highest BCUT2D eigenvalue weighted by atomic mass is 35.5. The van der Waals surface area contributed by atoms with E-state index in [4.69, 9.17) is 9.72 Å². The Morgan fingerprint density at radius 3 is 2.78 bits per heavy atom. The molecule has 0 N–H and O–H groups in total. The smallest absolute Gasteiger partial charge is 0.253 e. The molecule has 2 fully saturated rings. The first-order valence-corrected chi connectivity index (χ1v) is 15.9. The van der Waals surface area contributed by atoms with Gasteiger partial charge in [-0.2, -0.15) is 4.31 Å². The average molecular weight is 589 g/mol. The summed E-state index contributed by atoms with van der Waals surface area (Å²) in [5.41, 5.74) is 0.849. The van der Waals surface area contributed by atoms with E-state index in [0.717, 1.165) is 28.2 Å². The molecule has 8 nitrogen and oxygen atoms in total. The van der Waals surface area contributed by atoms with E-state index < -0.39 is 16.1 Å². The molecule has 0 saturated carbocycles. The fourth-order valence-corrected chi connectivity index (χ4v) is 8.80. The third kappa shape index (κ3) is 5.75. The maximum atomic E-state index is 14.0. The van der Waals surface area contributed by atoms with Crippen LogP contribution in [0, 0.1) is 0 Å². The highest BCUT2D eigenvalue weighted by Gasteiger charge is 2.42. The molecule has 5 rings (SSSR count). The maximum absolute atomic E-state index is 14.0. The van der Waals surface area contributed by atoms with Crippen LogP contribution in [-0.2, 0) is 19.6 Å². The van der Waals surface area contributed by atoms with Gasteiger partial charge in [0, 0.05) is 37.6 Å². The van der Waals surface area contributed by atoms with Gasteiger partial charge >= 0.3 is 0 Å². The summed E-state index contributed by atoms with van der Waals surface area (Å²) in [6.45, 7) is 4.50. The van der Waals surface area contributed by atoms with Crippen LogP contribution in [0.25, 0.3) is 10.2 Å². The summed E-state index contributed by atoms with van der Waals surface area (Å²) in [4.78, 5) is 23.9. The third-order valence-electron chi connectivity index (χ3n) is 6.37. The number of morpholine rings is 1. The molecule has 0 aliphatic carbocycles. The van der Waals surface area contributed by atoms with Crippen LogP contribution in [0.1, 0.15) is 12.8 Å². The van der Waals surface area contributed by atoms with Crippen molar-refractivity contribution < 1.29 is 17.9 Å². The summed E-state index contributed by atoms with van der Waals surface area (Å²) in [6, 6.07) is 8.71. The van der Waals surface area contributed by atoms with Crippen LogP contribution in [-0.4, -0.2) is 86.7 Å². The number of carbonyl (C=O) groups is 1. The number of anilines is 1. The number of benzene rings is 1. The van der Waals surface area contributed by atoms with E-state index in [9.17, 15) is 13.2 Å². The second-order valence-electron chi connectivity index (χ2n) is 8.48. The lowest BCUT2D eigenvalue weighted by Gasteiger charge is -2.31. The minimum Gasteiger partial charge on any atom is -0.379 e. The summed E-state index contributed by atoms with van der Waals surface area (Å²) < 4.78 is 34.8. The first-order valence-electron chi connectivity index (χ1n) is 11.6. The van der Waals surface area contributed by atoms with E-state index in [1.807, 2.05) is 18.4 Å². The molecule has 2 aliphatic rings. The normalized spacial score (nSPS) is 19.4. The van der Waals surface area contributed by atoms with Crippen molar-refractivity contribution >= 4 is 78.1 Å². The second kappa shape index (κ2) is 12.1. The standard InChI is InChI=1S/C23H28N4O4S4.ClH/c1-32-17-6-7-18-20(16-17)34-23(24-18)26(10-9-25-11-13-31-14-12-25)22(28)19-4-2-8-27(19)35(29,30)21-5-3-15-33-21;/h3,5-7,15-16,19H,2,4,8-14H2,1H3;1H. The van der Waals surface area contributed by atoms with E-state index in [-0.39, 0.29) is 22.5 Å². The van der Waals surface area contributed by atoms with Crippen molar-refractivity contribution in [1.82, 2.24) is 14.2 Å². The van der Waals surface area contributed by atoms with Gasteiger partial charge in [-0.15, -0.1) is 35.5 Å². The van der Waals surface area contributed by atoms with Crippen molar-refractivity contribution in [2.45, 2.75) is 28.0 Å². The molecule has 2 saturated heterocycles. The Kier molecular flexibility index (Phi) is 9.32. The summed E-state index contributed by atoms with van der Waals surface area (Å²) in [5, 5.41) is 2.37. The van der Waals surface area contributed by atoms with Crippen LogP contribution in [0.15, 0.2) is 44.8 Å². The first-order chi connectivity index (χ1) is 17.0. The number of thiazole rings is 1. The Bertz CT molecular complexity index is 1280. The van der Waals surface area contributed by atoms with E-state index in [1.54, 1.807) is 34.2 Å². The monoisotopic (exact) mass is 588 g/mol. The highest BCUT2D eigenvalue weighted by Crippen LogP contribution is 2.34. The number of halogens is 1. The summed E-state index contributed by atoms with van der Waals surface area (Å²) in [6.07, 6.45) is 3.21. The number of carbonyl (C=O) groups excluding carboxylic acids is 1. The minimum atomic E-state index is -3.72. The van der Waals surface area contributed by atoms with Crippen molar-refractivity contribution in [2.75, 3.05) is 57.1 Å². The highest BCUT2D eigenvalue weighted by molar-refractivity contribution is 7.98. The predicted molar refractivity (Wildman–Crippen MR) is 149 cm³/mol. The number of thiophene rings is 1. The van der Waals surface area contributed by atoms with Gasteiger partial charge in [0.2, 0.25) is 5.91 Å². The van der Waals surface area contributed by atoms with Gasteiger partial charge in [0.25, 0.3) is 10.0 Å². The molecule has 1 atom stereocenters. The Morgan fingerprint density at radius 2 is 2.06 bits per heavy atom. The molecule has 0 spiro atoms. The van der Waals surface area contributed by atoms with Gasteiger partial charge in [-0.05, 0) is 48.7 Å². The lowest BCUT2D eigenvalue weighted by Crippen LogP contribution is -2.50. The molecule has 1 amide bonds. The quantitative estimate of drug-likeness (QED) is 0.368. The summed E-state index contributed by atoms with van der Waals surface area (Å²) >= 11 is 4.34. The van der Waals surface area contributed by atoms with Gasteiger partial charge in [0.1, 0.15) is 10.3 Å². The second-order valence-corrected chi connectivity index (χ2v) is 13.4. The molecule has 1 unspecified atom stereocenters. The van der Waals surface area contributed by atoms with Gasteiger partial charge < -0.3 is 4.74 Å². The first kappa shape index (κ1) is 27.8. The van der Waals surface area contributed by atoms with Crippen LogP contribution in [0.4, 0.5) is 5.13 Å². The van der Waals surface area contributed by atoms with Crippen molar-refractivity contribution in [3.8, 4) is 0 Å². The van der Waals surface area contributed by atoms with Gasteiger partial charge in [-0.25, -0.2) is 13.4 Å². The fraction of sp³-hybridized carbons (Fsp3) is 0.478. The van der Waals surface area contributed by atoms with Crippen molar-refractivity contribution in [3.63, 3.8) is 0 Å². The molecule has 3 aromatic rings. The van der Waals surface area contributed by atoms with Crippen molar-refractivity contribution in [2.24, 2.45) is 0 Å². The molecule has 13 heteroatoms. The molecule has 2 aliphatic heterocycles. The number of nitrogens with zero attached hydrogens (tertiary/aromatic N) is 4. The molecular weight excluding hydrogens is 560 g/mol. The molecule has 2 aromatic heterocycles. The zero-order valence-corrected chi connectivity index (χ0v) is 24.0. The number of rotatable bonds is 8. The van der Waals surface area contributed by atoms with E-state index >= 15 is 0 Å². The van der Waals surface area contributed by atoms with Crippen LogP contribution < -0.4 is 4.90 Å². The topological polar surface area (TPSA) is 83.1 Å². The van der Waals surface area contributed by atoms with Crippen LogP contribution >= 0.6 is 46.8 Å². The van der Waals surface area contributed by atoms with Crippen molar-refractivity contribution in [3.05, 3.63) is 35.7 Å². The Morgan fingerprint density at radius 1 is 1.25 bits per heavy atom. The number of ether oxygens (including phenoxy) is 1. The van der Waals surface area contributed by atoms with E-state index in [0.29, 0.717) is 50.8 Å². The zero-order valence-electron chi connectivity index (χ0n) is 19.9. The SMILES string of the molecule is CSc1ccc2nc(N(CCN3CCOCC3)C(=O)C3CCCN3S(=O)(=O)c3cccs3)sc2c1.Cl. The molecule has 0 bridgehead atoms. The van der Waals surface area contributed by atoms with E-state index in [2.05, 4.69) is 11.0 Å². The number of amides is 1. The summed E-state index contributed by atoms with van der Waals surface area (Å²) in [5.74, 6) is -0.194. The third-order valence-corrected chi connectivity index (χ3v) is 11.4. The maximum Gasteiger partial charge on any atom is 0.253 e. The van der Waals surface area contributed by atoms with Crippen LogP contribution in [0.2, 0.25) is 0 Å². The summed E-state index contributed by atoms with van der Waals surface area (Å²) in [7, 11) is -3.72. The number of thioether (sulfide) groups is 1.